The summed E-state index contributed by atoms with van der Waals surface area (Å²) in [5.41, 5.74) is 0.996. The second-order valence-corrected chi connectivity index (χ2v) is 7.96. The average molecular weight is 518 g/mol. The Morgan fingerprint density at radius 3 is 2.04 bits per heavy atom. The number of halogens is 2. The van der Waals surface area contributed by atoms with E-state index in [4.69, 9.17) is 6.58 Å². The molecule has 2 aliphatic carbocycles. The molecule has 0 bridgehead atoms. The molecular weight excluding hydrogens is 488 g/mol. The summed E-state index contributed by atoms with van der Waals surface area (Å²) in [6.07, 6.45) is 12.4. The first kappa shape index (κ1) is 20.8. The van der Waals surface area contributed by atoms with Crippen LogP contribution in [0.15, 0.2) is 18.2 Å². The molecule has 2 aliphatic rings. The molecule has 0 unspecified atom stereocenters. The summed E-state index contributed by atoms with van der Waals surface area (Å²) in [6.45, 7) is 7.18. The molecule has 0 saturated heterocycles. The number of rotatable bonds is 4. The Balaban J connectivity index is 0.00000225. The van der Waals surface area contributed by atoms with Crippen LogP contribution in [0.2, 0.25) is 0 Å². The first-order chi connectivity index (χ1) is 11.6. The zero-order chi connectivity index (χ0) is 17.1. The molecule has 1 radical (unpaired) electrons. The standard InChI is InChI=1S/C22H29F2.Re/c1-3-4-16-6-8-17(9-7-16)18-10-12-19(13-11-18)20-14-5-15(2)21(23)22(20)24;/h1,3,5,14,16-19H,4,6-13H2,2H3;/q-1;. The molecule has 0 amide bonds. The van der Waals surface area contributed by atoms with Gasteiger partial charge in [-0.15, -0.1) is 0 Å². The Kier molecular flexibility index (Phi) is 7.84. The SMILES string of the molecule is [CH-]=CCC1CCC(C2CCC(c3ccc(C)c(F)c3F)CC2)CC1.[Re]. The minimum Gasteiger partial charge on any atom is -0.518 e. The molecule has 0 nitrogen and oxygen atoms in total. The molecule has 0 spiro atoms. The summed E-state index contributed by atoms with van der Waals surface area (Å²) >= 11 is 0. The topological polar surface area (TPSA) is 0 Å². The third kappa shape index (κ3) is 4.81. The van der Waals surface area contributed by atoms with E-state index in [0.717, 1.165) is 49.9 Å². The van der Waals surface area contributed by atoms with Gasteiger partial charge in [-0.25, -0.2) is 8.78 Å². The van der Waals surface area contributed by atoms with Crippen molar-refractivity contribution in [2.24, 2.45) is 17.8 Å². The van der Waals surface area contributed by atoms with Gasteiger partial charge in [-0.3, -0.25) is 6.08 Å². The van der Waals surface area contributed by atoms with E-state index in [1.165, 1.54) is 25.7 Å². The maximum absolute atomic E-state index is 14.2. The minimum atomic E-state index is -0.662. The normalized spacial score (nSPS) is 29.7. The molecule has 2 saturated carbocycles. The van der Waals surface area contributed by atoms with Crippen molar-refractivity contribution in [1.82, 2.24) is 0 Å². The molecule has 0 aliphatic heterocycles. The molecule has 0 heterocycles. The number of hydrogen-bond acceptors (Lipinski definition) is 0. The number of benzene rings is 1. The van der Waals surface area contributed by atoms with E-state index in [-0.39, 0.29) is 26.3 Å². The van der Waals surface area contributed by atoms with E-state index >= 15 is 0 Å². The van der Waals surface area contributed by atoms with E-state index < -0.39 is 11.6 Å². The van der Waals surface area contributed by atoms with Gasteiger partial charge in [-0.1, -0.05) is 18.6 Å². The van der Waals surface area contributed by atoms with E-state index in [0.29, 0.717) is 11.1 Å². The summed E-state index contributed by atoms with van der Waals surface area (Å²) in [7, 11) is 0. The van der Waals surface area contributed by atoms with Crippen LogP contribution in [0.3, 0.4) is 0 Å². The van der Waals surface area contributed by atoms with Crippen LogP contribution in [0.25, 0.3) is 0 Å². The zero-order valence-electron chi connectivity index (χ0n) is 15.1. The Morgan fingerprint density at radius 1 is 0.920 bits per heavy atom. The summed E-state index contributed by atoms with van der Waals surface area (Å²) in [4.78, 5) is 0. The zero-order valence-corrected chi connectivity index (χ0v) is 17.8. The quantitative estimate of drug-likeness (QED) is 0.389. The maximum Gasteiger partial charge on any atom is 0.162 e. The maximum atomic E-state index is 14.2. The molecule has 0 aromatic heterocycles. The molecule has 3 rings (SSSR count). The van der Waals surface area contributed by atoms with Crippen molar-refractivity contribution in [3.05, 3.63) is 47.5 Å². The van der Waals surface area contributed by atoms with Gasteiger partial charge in [-0.2, -0.15) is 0 Å². The van der Waals surface area contributed by atoms with Gasteiger partial charge in [0.25, 0.3) is 0 Å². The monoisotopic (exact) mass is 518 g/mol. The van der Waals surface area contributed by atoms with E-state index in [1.807, 2.05) is 6.08 Å². The summed E-state index contributed by atoms with van der Waals surface area (Å²) in [5, 5.41) is 0. The van der Waals surface area contributed by atoms with Crippen molar-refractivity contribution in [1.29, 1.82) is 0 Å². The molecule has 25 heavy (non-hydrogen) atoms. The van der Waals surface area contributed by atoms with Gasteiger partial charge in [0.2, 0.25) is 0 Å². The van der Waals surface area contributed by atoms with Crippen LogP contribution in [0.1, 0.15) is 74.8 Å². The summed E-state index contributed by atoms with van der Waals surface area (Å²) in [6, 6.07) is 3.52. The smallest absolute Gasteiger partial charge is 0.162 e. The molecule has 139 valence electrons. The van der Waals surface area contributed by atoms with Crippen molar-refractivity contribution < 1.29 is 29.2 Å². The van der Waals surface area contributed by atoms with Crippen molar-refractivity contribution >= 4 is 0 Å². The molecule has 2 fully saturated rings. The van der Waals surface area contributed by atoms with Crippen LogP contribution in [0.4, 0.5) is 8.78 Å². The van der Waals surface area contributed by atoms with Gasteiger partial charge in [0.1, 0.15) is 0 Å². The molecule has 1 aromatic rings. The van der Waals surface area contributed by atoms with Crippen LogP contribution in [0.5, 0.6) is 0 Å². The number of aryl methyl sites for hydroxylation is 1. The molecule has 3 heteroatoms. The van der Waals surface area contributed by atoms with Crippen LogP contribution in [0, 0.1) is 42.9 Å². The third-order valence-corrected chi connectivity index (χ3v) is 6.54. The van der Waals surface area contributed by atoms with Gasteiger partial charge < -0.3 is 6.58 Å². The van der Waals surface area contributed by atoms with Crippen LogP contribution < -0.4 is 0 Å². The van der Waals surface area contributed by atoms with Gasteiger partial charge in [0.15, 0.2) is 11.6 Å². The van der Waals surface area contributed by atoms with Crippen molar-refractivity contribution in [2.45, 2.75) is 70.6 Å². The first-order valence-corrected chi connectivity index (χ1v) is 9.58. The first-order valence-electron chi connectivity index (χ1n) is 9.58. The Hall–Kier alpha value is -0.518. The Bertz CT molecular complexity index is 568. The number of hydrogen-bond donors (Lipinski definition) is 0. The fourth-order valence-electron chi connectivity index (χ4n) is 4.97. The largest absolute Gasteiger partial charge is 0.518 e. The van der Waals surface area contributed by atoms with Gasteiger partial charge >= 0.3 is 0 Å². The minimum absolute atomic E-state index is 0. The Labute approximate surface area is 165 Å². The molecule has 0 N–H and O–H groups in total. The van der Waals surface area contributed by atoms with Crippen molar-refractivity contribution in [3.63, 3.8) is 0 Å². The van der Waals surface area contributed by atoms with Gasteiger partial charge in [0, 0.05) is 20.4 Å². The van der Waals surface area contributed by atoms with Crippen molar-refractivity contribution in [2.75, 3.05) is 0 Å². The van der Waals surface area contributed by atoms with Crippen molar-refractivity contribution in [3.8, 4) is 0 Å². The fourth-order valence-corrected chi connectivity index (χ4v) is 4.97. The van der Waals surface area contributed by atoms with Gasteiger partial charge in [-0.05, 0) is 93.1 Å². The van der Waals surface area contributed by atoms with Crippen LogP contribution in [-0.2, 0) is 20.4 Å². The molecular formula is C22H29F2Re-. The van der Waals surface area contributed by atoms with E-state index in [1.54, 1.807) is 19.1 Å². The van der Waals surface area contributed by atoms with Crippen LogP contribution >= 0.6 is 0 Å². The molecule has 1 aromatic carbocycles. The second-order valence-electron chi connectivity index (χ2n) is 7.96. The average Bonchev–Trinajstić information content (AvgIpc) is 2.61. The fraction of sp³-hybridized carbons (Fsp3) is 0.636. The van der Waals surface area contributed by atoms with Gasteiger partial charge in [0.05, 0.1) is 0 Å². The second kappa shape index (κ2) is 9.43. The summed E-state index contributed by atoms with van der Waals surface area (Å²) in [5.74, 6) is 1.32. The molecule has 0 atom stereocenters. The van der Waals surface area contributed by atoms with E-state index in [9.17, 15) is 8.78 Å². The number of allylic oxidation sites excluding steroid dienone is 1. The third-order valence-electron chi connectivity index (χ3n) is 6.54. The van der Waals surface area contributed by atoms with Crippen LogP contribution in [-0.4, -0.2) is 0 Å². The Morgan fingerprint density at radius 2 is 1.48 bits per heavy atom. The van der Waals surface area contributed by atoms with E-state index in [2.05, 4.69) is 0 Å². The predicted molar refractivity (Wildman–Crippen MR) is 94.7 cm³/mol. The summed E-state index contributed by atoms with van der Waals surface area (Å²) < 4.78 is 28.1. The predicted octanol–water partition coefficient (Wildman–Crippen LogP) is 6.73.